The topological polar surface area (TPSA) is 52.6 Å². The van der Waals surface area contributed by atoms with Gasteiger partial charge in [-0.05, 0) is 25.2 Å². The van der Waals surface area contributed by atoms with Crippen LogP contribution in [0.2, 0.25) is 0 Å². The zero-order valence-corrected chi connectivity index (χ0v) is 11.9. The Morgan fingerprint density at radius 1 is 1.16 bits per heavy atom. The third-order valence-electron chi connectivity index (χ3n) is 4.62. The van der Waals surface area contributed by atoms with E-state index in [-0.39, 0.29) is 18.6 Å². The molecule has 19 heavy (non-hydrogen) atoms. The van der Waals surface area contributed by atoms with E-state index in [9.17, 15) is 4.79 Å². The first kappa shape index (κ1) is 14.6. The minimum Gasteiger partial charge on any atom is -0.396 e. The largest absolute Gasteiger partial charge is 0.396 e. The molecule has 0 aromatic rings. The predicted molar refractivity (Wildman–Crippen MR) is 76.0 cm³/mol. The first-order valence-electron chi connectivity index (χ1n) is 7.93. The van der Waals surface area contributed by atoms with Crippen molar-refractivity contribution < 1.29 is 9.90 Å². The van der Waals surface area contributed by atoms with Gasteiger partial charge < -0.3 is 15.3 Å². The van der Waals surface area contributed by atoms with Gasteiger partial charge in [0.1, 0.15) is 0 Å². The number of urea groups is 1. The molecule has 1 heterocycles. The SMILES string of the molecule is O=C(NCCCC1CCCCC1)N1CCC(CO)C1. The van der Waals surface area contributed by atoms with Crippen molar-refractivity contribution in [3.05, 3.63) is 0 Å². The highest BCUT2D eigenvalue weighted by Crippen LogP contribution is 2.26. The number of nitrogens with zero attached hydrogens (tertiary/aromatic N) is 1. The summed E-state index contributed by atoms with van der Waals surface area (Å²) < 4.78 is 0. The molecule has 2 rings (SSSR count). The van der Waals surface area contributed by atoms with E-state index in [4.69, 9.17) is 5.11 Å². The van der Waals surface area contributed by atoms with E-state index in [0.29, 0.717) is 6.54 Å². The molecule has 4 nitrogen and oxygen atoms in total. The van der Waals surface area contributed by atoms with Gasteiger partial charge in [-0.1, -0.05) is 32.1 Å². The second-order valence-electron chi connectivity index (χ2n) is 6.16. The molecule has 0 radical (unpaired) electrons. The zero-order valence-electron chi connectivity index (χ0n) is 11.9. The molecular formula is C15H28N2O2. The average Bonchev–Trinajstić information content (AvgIpc) is 2.93. The number of carbonyl (C=O) groups is 1. The Balaban J connectivity index is 1.54. The molecule has 0 aromatic heterocycles. The monoisotopic (exact) mass is 268 g/mol. The van der Waals surface area contributed by atoms with Gasteiger partial charge in [-0.2, -0.15) is 0 Å². The summed E-state index contributed by atoms with van der Waals surface area (Å²) in [6.07, 6.45) is 10.3. The van der Waals surface area contributed by atoms with Gasteiger partial charge in [0, 0.05) is 32.2 Å². The molecule has 2 N–H and O–H groups in total. The number of rotatable bonds is 5. The van der Waals surface area contributed by atoms with E-state index >= 15 is 0 Å². The Morgan fingerprint density at radius 3 is 2.63 bits per heavy atom. The molecule has 4 heteroatoms. The first-order chi connectivity index (χ1) is 9.29. The van der Waals surface area contributed by atoms with Gasteiger partial charge in [-0.15, -0.1) is 0 Å². The van der Waals surface area contributed by atoms with Crippen molar-refractivity contribution >= 4 is 6.03 Å². The van der Waals surface area contributed by atoms with Crippen LogP contribution in [0.4, 0.5) is 4.79 Å². The van der Waals surface area contributed by atoms with Crippen LogP contribution in [0.15, 0.2) is 0 Å². The van der Waals surface area contributed by atoms with E-state index in [1.807, 2.05) is 4.90 Å². The standard InChI is InChI=1S/C15H28N2O2/c18-12-14-8-10-17(11-14)15(19)16-9-4-7-13-5-2-1-3-6-13/h13-14,18H,1-12H2,(H,16,19). The maximum Gasteiger partial charge on any atom is 0.317 e. The van der Waals surface area contributed by atoms with Crippen LogP contribution in [0.5, 0.6) is 0 Å². The van der Waals surface area contributed by atoms with E-state index in [0.717, 1.165) is 31.8 Å². The molecule has 0 aromatic carbocycles. The molecule has 1 aliphatic heterocycles. The fourth-order valence-corrected chi connectivity index (χ4v) is 3.34. The van der Waals surface area contributed by atoms with Crippen LogP contribution < -0.4 is 5.32 Å². The molecule has 1 saturated heterocycles. The number of aliphatic hydroxyl groups excluding tert-OH is 1. The van der Waals surface area contributed by atoms with Gasteiger partial charge in [0.2, 0.25) is 0 Å². The van der Waals surface area contributed by atoms with Crippen molar-refractivity contribution in [1.82, 2.24) is 10.2 Å². The third-order valence-corrected chi connectivity index (χ3v) is 4.62. The lowest BCUT2D eigenvalue weighted by Crippen LogP contribution is -2.39. The van der Waals surface area contributed by atoms with Gasteiger partial charge in [-0.25, -0.2) is 4.79 Å². The summed E-state index contributed by atoms with van der Waals surface area (Å²) in [6.45, 7) is 2.51. The second-order valence-corrected chi connectivity index (χ2v) is 6.16. The lowest BCUT2D eigenvalue weighted by atomic mass is 9.86. The van der Waals surface area contributed by atoms with E-state index in [1.165, 1.54) is 38.5 Å². The summed E-state index contributed by atoms with van der Waals surface area (Å²) in [7, 11) is 0. The number of nitrogens with one attached hydrogen (secondary N) is 1. The third kappa shape index (κ3) is 4.68. The Labute approximate surface area is 116 Å². The Morgan fingerprint density at radius 2 is 1.95 bits per heavy atom. The number of hydrogen-bond donors (Lipinski definition) is 2. The Bertz CT molecular complexity index is 277. The fraction of sp³-hybridized carbons (Fsp3) is 0.933. The number of likely N-dealkylation sites (tertiary alicyclic amines) is 1. The van der Waals surface area contributed by atoms with Crippen LogP contribution in [0, 0.1) is 11.8 Å². The highest BCUT2D eigenvalue weighted by molar-refractivity contribution is 5.74. The van der Waals surface area contributed by atoms with Gasteiger partial charge in [0.15, 0.2) is 0 Å². The molecule has 1 saturated carbocycles. The predicted octanol–water partition coefficient (Wildman–Crippen LogP) is 2.37. The molecular weight excluding hydrogens is 240 g/mol. The van der Waals surface area contributed by atoms with Crippen LogP contribution >= 0.6 is 0 Å². The maximum atomic E-state index is 11.9. The van der Waals surface area contributed by atoms with E-state index < -0.39 is 0 Å². The van der Waals surface area contributed by atoms with Gasteiger partial charge in [0.05, 0.1) is 0 Å². The molecule has 1 unspecified atom stereocenters. The van der Waals surface area contributed by atoms with Crippen molar-refractivity contribution in [2.24, 2.45) is 11.8 Å². The quantitative estimate of drug-likeness (QED) is 0.752. The second kappa shape index (κ2) is 7.73. The van der Waals surface area contributed by atoms with E-state index in [1.54, 1.807) is 0 Å². The minimum absolute atomic E-state index is 0.0552. The normalized spacial score (nSPS) is 24.7. The Hall–Kier alpha value is -0.770. The van der Waals surface area contributed by atoms with Crippen molar-refractivity contribution in [3.63, 3.8) is 0 Å². The van der Waals surface area contributed by atoms with Crippen LogP contribution in [0.1, 0.15) is 51.4 Å². The maximum absolute atomic E-state index is 11.9. The van der Waals surface area contributed by atoms with Crippen molar-refractivity contribution in [2.45, 2.75) is 51.4 Å². The lowest BCUT2D eigenvalue weighted by molar-refractivity contribution is 0.198. The van der Waals surface area contributed by atoms with Crippen LogP contribution in [-0.2, 0) is 0 Å². The number of aliphatic hydroxyl groups is 1. The zero-order chi connectivity index (χ0) is 13.5. The van der Waals surface area contributed by atoms with E-state index in [2.05, 4.69) is 5.32 Å². The van der Waals surface area contributed by atoms with Gasteiger partial charge in [-0.3, -0.25) is 0 Å². The van der Waals surface area contributed by atoms with Crippen molar-refractivity contribution in [1.29, 1.82) is 0 Å². The molecule has 2 aliphatic rings. The van der Waals surface area contributed by atoms with Crippen LogP contribution in [-0.4, -0.2) is 42.3 Å². The highest BCUT2D eigenvalue weighted by Gasteiger charge is 2.25. The Kier molecular flexibility index (Phi) is 5.95. The fourth-order valence-electron chi connectivity index (χ4n) is 3.34. The summed E-state index contributed by atoms with van der Waals surface area (Å²) in [5.41, 5.74) is 0. The van der Waals surface area contributed by atoms with Crippen LogP contribution in [0.3, 0.4) is 0 Å². The molecule has 2 amide bonds. The number of hydrogen-bond acceptors (Lipinski definition) is 2. The summed E-state index contributed by atoms with van der Waals surface area (Å²) in [5, 5.41) is 12.1. The molecule has 0 spiro atoms. The number of amides is 2. The summed E-state index contributed by atoms with van der Waals surface area (Å²) in [4.78, 5) is 13.7. The molecule has 1 aliphatic carbocycles. The van der Waals surface area contributed by atoms with Gasteiger partial charge in [0.25, 0.3) is 0 Å². The smallest absolute Gasteiger partial charge is 0.317 e. The summed E-state index contributed by atoms with van der Waals surface area (Å²) in [5.74, 6) is 1.18. The number of carbonyl (C=O) groups excluding carboxylic acids is 1. The van der Waals surface area contributed by atoms with Gasteiger partial charge >= 0.3 is 6.03 Å². The average molecular weight is 268 g/mol. The molecule has 0 bridgehead atoms. The summed E-state index contributed by atoms with van der Waals surface area (Å²) in [6, 6.07) is 0.0552. The summed E-state index contributed by atoms with van der Waals surface area (Å²) >= 11 is 0. The minimum atomic E-state index is 0.0552. The van der Waals surface area contributed by atoms with Crippen molar-refractivity contribution in [2.75, 3.05) is 26.2 Å². The van der Waals surface area contributed by atoms with Crippen molar-refractivity contribution in [3.8, 4) is 0 Å². The molecule has 2 fully saturated rings. The highest BCUT2D eigenvalue weighted by atomic mass is 16.3. The lowest BCUT2D eigenvalue weighted by Gasteiger charge is -2.22. The first-order valence-corrected chi connectivity index (χ1v) is 7.93. The molecule has 1 atom stereocenters. The van der Waals surface area contributed by atoms with Crippen LogP contribution in [0.25, 0.3) is 0 Å². The molecule has 110 valence electrons.